The molecule has 2 aromatic heterocycles. The van der Waals surface area contributed by atoms with Crippen molar-refractivity contribution in [1.29, 1.82) is 0 Å². The molecule has 1 N–H and O–H groups in total. The van der Waals surface area contributed by atoms with Crippen molar-refractivity contribution in [3.05, 3.63) is 60.1 Å². The van der Waals surface area contributed by atoms with Gasteiger partial charge in [0, 0.05) is 18.2 Å². The van der Waals surface area contributed by atoms with Crippen LogP contribution in [0, 0.1) is 0 Å². The first kappa shape index (κ1) is 14.8. The molecule has 5 heteroatoms. The minimum atomic E-state index is -0.152. The molecule has 0 aliphatic heterocycles. The molecule has 0 bridgehead atoms. The summed E-state index contributed by atoms with van der Waals surface area (Å²) < 4.78 is 10.8. The zero-order valence-corrected chi connectivity index (χ0v) is 13.4. The van der Waals surface area contributed by atoms with Gasteiger partial charge in [-0.25, -0.2) is 0 Å². The van der Waals surface area contributed by atoms with Crippen molar-refractivity contribution in [3.8, 4) is 5.75 Å². The van der Waals surface area contributed by atoms with Gasteiger partial charge in [0.15, 0.2) is 0 Å². The summed E-state index contributed by atoms with van der Waals surface area (Å²) in [7, 11) is 0. The number of nitrogens with one attached hydrogen (secondary N) is 1. The number of ether oxygens (including phenoxy) is 1. The molecular formula is C19H18N2O3. The minimum Gasteiger partial charge on any atom is -0.494 e. The van der Waals surface area contributed by atoms with E-state index < -0.39 is 0 Å². The summed E-state index contributed by atoms with van der Waals surface area (Å²) >= 11 is 0. The first-order valence-electron chi connectivity index (χ1n) is 8.12. The van der Waals surface area contributed by atoms with Crippen LogP contribution in [0.15, 0.2) is 53.3 Å². The fraction of sp³-hybridized carbons (Fsp3) is 0.263. The summed E-state index contributed by atoms with van der Waals surface area (Å²) in [5.41, 5.74) is 2.31. The van der Waals surface area contributed by atoms with E-state index in [9.17, 15) is 4.79 Å². The molecule has 1 fully saturated rings. The third-order valence-corrected chi connectivity index (χ3v) is 4.32. The van der Waals surface area contributed by atoms with E-state index >= 15 is 0 Å². The number of hydrogen-bond acceptors (Lipinski definition) is 4. The van der Waals surface area contributed by atoms with Gasteiger partial charge in [-0.05, 0) is 43.2 Å². The topological polar surface area (TPSA) is 64.4 Å². The standard InChI is InChI=1S/C19H18N2O3/c1-2-23-13-5-3-12(4-6-13)15-11-16(15)21-19(22)18-14-8-10-24-17(14)7-9-20-18/h3-10,15-16H,2,11H2,1H3,(H,21,22)/t15-,16+/m0/s1. The maximum absolute atomic E-state index is 12.5. The number of pyridine rings is 1. The van der Waals surface area contributed by atoms with Gasteiger partial charge < -0.3 is 14.5 Å². The fourth-order valence-electron chi connectivity index (χ4n) is 3.01. The highest BCUT2D eigenvalue weighted by Gasteiger charge is 2.40. The molecule has 4 rings (SSSR count). The molecule has 0 radical (unpaired) electrons. The van der Waals surface area contributed by atoms with E-state index in [1.165, 1.54) is 5.56 Å². The van der Waals surface area contributed by atoms with Gasteiger partial charge >= 0.3 is 0 Å². The van der Waals surface area contributed by atoms with E-state index in [1.54, 1.807) is 24.6 Å². The van der Waals surface area contributed by atoms with Crippen molar-refractivity contribution in [2.24, 2.45) is 0 Å². The summed E-state index contributed by atoms with van der Waals surface area (Å²) in [6.07, 6.45) is 4.11. The second-order valence-electron chi connectivity index (χ2n) is 5.92. The van der Waals surface area contributed by atoms with Gasteiger partial charge in [-0.3, -0.25) is 9.78 Å². The van der Waals surface area contributed by atoms with Gasteiger partial charge in [-0.15, -0.1) is 0 Å². The third-order valence-electron chi connectivity index (χ3n) is 4.32. The lowest BCUT2D eigenvalue weighted by atomic mass is 10.1. The summed E-state index contributed by atoms with van der Waals surface area (Å²) in [6.45, 7) is 2.63. The van der Waals surface area contributed by atoms with Gasteiger partial charge in [-0.2, -0.15) is 0 Å². The van der Waals surface area contributed by atoms with Crippen molar-refractivity contribution in [3.63, 3.8) is 0 Å². The van der Waals surface area contributed by atoms with Crippen LogP contribution in [0.25, 0.3) is 11.0 Å². The summed E-state index contributed by atoms with van der Waals surface area (Å²) in [4.78, 5) is 16.7. The molecule has 1 aliphatic carbocycles. The van der Waals surface area contributed by atoms with Crippen LogP contribution in [0.5, 0.6) is 5.75 Å². The number of benzene rings is 1. The van der Waals surface area contributed by atoms with Crippen LogP contribution < -0.4 is 10.1 Å². The monoisotopic (exact) mass is 322 g/mol. The number of hydrogen-bond donors (Lipinski definition) is 1. The molecule has 122 valence electrons. The van der Waals surface area contributed by atoms with Gasteiger partial charge in [0.2, 0.25) is 0 Å². The number of amides is 1. The van der Waals surface area contributed by atoms with Crippen LogP contribution in [-0.2, 0) is 0 Å². The quantitative estimate of drug-likeness (QED) is 0.780. The number of carbonyl (C=O) groups excluding carboxylic acids is 1. The predicted molar refractivity (Wildman–Crippen MR) is 90.2 cm³/mol. The molecule has 1 saturated carbocycles. The van der Waals surface area contributed by atoms with Crippen LogP contribution >= 0.6 is 0 Å². The van der Waals surface area contributed by atoms with Crippen LogP contribution in [0.4, 0.5) is 0 Å². The van der Waals surface area contributed by atoms with E-state index in [2.05, 4.69) is 22.4 Å². The molecule has 2 heterocycles. The molecule has 3 aromatic rings. The second kappa shape index (κ2) is 6.00. The van der Waals surface area contributed by atoms with Crippen LogP contribution in [-0.4, -0.2) is 23.5 Å². The molecule has 1 aromatic carbocycles. The van der Waals surface area contributed by atoms with Crippen molar-refractivity contribution in [1.82, 2.24) is 10.3 Å². The zero-order chi connectivity index (χ0) is 16.5. The second-order valence-corrected chi connectivity index (χ2v) is 5.92. The number of fused-ring (bicyclic) bond motifs is 1. The molecule has 1 amide bonds. The van der Waals surface area contributed by atoms with Crippen LogP contribution in [0.2, 0.25) is 0 Å². The number of nitrogens with zero attached hydrogens (tertiary/aromatic N) is 1. The Bertz CT molecular complexity index is 870. The highest BCUT2D eigenvalue weighted by atomic mass is 16.5. The summed E-state index contributed by atoms with van der Waals surface area (Å²) in [5, 5.41) is 3.81. The van der Waals surface area contributed by atoms with Crippen LogP contribution in [0.1, 0.15) is 35.3 Å². The molecule has 1 aliphatic rings. The van der Waals surface area contributed by atoms with Crippen LogP contribution in [0.3, 0.4) is 0 Å². The highest BCUT2D eigenvalue weighted by molar-refractivity contribution is 6.04. The van der Waals surface area contributed by atoms with Crippen molar-refractivity contribution >= 4 is 16.9 Å². The summed E-state index contributed by atoms with van der Waals surface area (Å²) in [6, 6.07) is 11.8. The van der Waals surface area contributed by atoms with Gasteiger partial charge in [0.1, 0.15) is 17.0 Å². The zero-order valence-electron chi connectivity index (χ0n) is 13.4. The normalized spacial score (nSPS) is 19.2. The van der Waals surface area contributed by atoms with E-state index in [0.29, 0.717) is 23.8 Å². The number of carbonyl (C=O) groups is 1. The number of rotatable bonds is 5. The van der Waals surface area contributed by atoms with Crippen molar-refractivity contribution in [2.45, 2.75) is 25.3 Å². The Morgan fingerprint density at radius 3 is 2.92 bits per heavy atom. The molecule has 2 atom stereocenters. The Morgan fingerprint density at radius 1 is 1.29 bits per heavy atom. The van der Waals surface area contributed by atoms with Gasteiger partial charge in [0.05, 0.1) is 18.3 Å². The van der Waals surface area contributed by atoms with E-state index in [0.717, 1.165) is 17.6 Å². The molecule has 0 unspecified atom stereocenters. The molecule has 24 heavy (non-hydrogen) atoms. The van der Waals surface area contributed by atoms with Crippen molar-refractivity contribution in [2.75, 3.05) is 6.61 Å². The lowest BCUT2D eigenvalue weighted by molar-refractivity contribution is 0.0947. The Labute approximate surface area is 139 Å². The van der Waals surface area contributed by atoms with Gasteiger partial charge in [-0.1, -0.05) is 12.1 Å². The molecular weight excluding hydrogens is 304 g/mol. The van der Waals surface area contributed by atoms with E-state index in [4.69, 9.17) is 9.15 Å². The number of aromatic nitrogens is 1. The minimum absolute atomic E-state index is 0.152. The fourth-order valence-corrected chi connectivity index (χ4v) is 3.01. The molecule has 0 saturated heterocycles. The third kappa shape index (κ3) is 2.73. The van der Waals surface area contributed by atoms with Gasteiger partial charge in [0.25, 0.3) is 5.91 Å². The van der Waals surface area contributed by atoms with E-state index in [1.807, 2.05) is 19.1 Å². The Balaban J connectivity index is 1.44. The Kier molecular flexibility index (Phi) is 3.69. The van der Waals surface area contributed by atoms with Crippen molar-refractivity contribution < 1.29 is 13.9 Å². The first-order chi connectivity index (χ1) is 11.8. The average Bonchev–Trinajstić information content (AvgIpc) is 3.18. The molecule has 0 spiro atoms. The first-order valence-corrected chi connectivity index (χ1v) is 8.12. The Morgan fingerprint density at radius 2 is 2.12 bits per heavy atom. The largest absolute Gasteiger partial charge is 0.494 e. The highest BCUT2D eigenvalue weighted by Crippen LogP contribution is 2.41. The lowest BCUT2D eigenvalue weighted by Gasteiger charge is -2.06. The maximum Gasteiger partial charge on any atom is 0.270 e. The smallest absolute Gasteiger partial charge is 0.270 e. The SMILES string of the molecule is CCOc1ccc([C@@H]2C[C@H]2NC(=O)c2nccc3occc23)cc1. The molecule has 5 nitrogen and oxygen atoms in total. The maximum atomic E-state index is 12.5. The Hall–Kier alpha value is -2.82. The summed E-state index contributed by atoms with van der Waals surface area (Å²) in [5.74, 6) is 1.08. The lowest BCUT2D eigenvalue weighted by Crippen LogP contribution is -2.27. The predicted octanol–water partition coefficient (Wildman–Crippen LogP) is 3.51. The van der Waals surface area contributed by atoms with E-state index in [-0.39, 0.29) is 11.9 Å². The average molecular weight is 322 g/mol. The number of furan rings is 1.